The molecule has 2 rings (SSSR count). The number of hydrogen-bond acceptors (Lipinski definition) is 7. The third-order valence-corrected chi connectivity index (χ3v) is 3.73. The Morgan fingerprint density at radius 1 is 1.45 bits per heavy atom. The fourth-order valence-electron chi connectivity index (χ4n) is 2.42. The van der Waals surface area contributed by atoms with Crippen LogP contribution in [0.1, 0.15) is 26.5 Å². The smallest absolute Gasteiger partial charge is 0.330 e. The lowest BCUT2D eigenvalue weighted by Gasteiger charge is -2.27. The molecule has 0 amide bonds. The first-order valence-corrected chi connectivity index (χ1v) is 6.55. The van der Waals surface area contributed by atoms with E-state index in [2.05, 4.69) is 0 Å². The zero-order chi connectivity index (χ0) is 16.7. The second-order valence-corrected chi connectivity index (χ2v) is 5.27. The van der Waals surface area contributed by atoms with Gasteiger partial charge in [-0.1, -0.05) is 0 Å². The number of carbonyl (C=O) groups is 2. The summed E-state index contributed by atoms with van der Waals surface area (Å²) in [5.74, 6) is -1.38. The summed E-state index contributed by atoms with van der Waals surface area (Å²) in [6, 6.07) is 1.08. The highest BCUT2D eigenvalue weighted by Gasteiger charge is 2.55. The number of aromatic nitrogens is 2. The number of nitrogens with one attached hydrogen (secondary N) is 1. The maximum atomic E-state index is 11.7. The van der Waals surface area contributed by atoms with Crippen molar-refractivity contribution >= 4 is 11.6 Å². The van der Waals surface area contributed by atoms with Crippen molar-refractivity contribution in [2.45, 2.75) is 44.3 Å². The Labute approximate surface area is 124 Å². The van der Waals surface area contributed by atoms with E-state index in [1.807, 2.05) is 4.98 Å². The minimum Gasteiger partial charge on any atom is -0.382 e. The highest BCUT2D eigenvalue weighted by Crippen LogP contribution is 2.38. The van der Waals surface area contributed by atoms with Crippen LogP contribution >= 0.6 is 0 Å². The van der Waals surface area contributed by atoms with E-state index < -0.39 is 46.9 Å². The average molecular weight is 312 g/mol. The van der Waals surface area contributed by atoms with Gasteiger partial charge in [0.25, 0.3) is 5.56 Å². The minimum absolute atomic E-state index is 0.330. The molecule has 0 aliphatic carbocycles. The molecular weight excluding hydrogens is 296 g/mol. The average Bonchev–Trinajstić information content (AvgIpc) is 2.76. The predicted molar refractivity (Wildman–Crippen MR) is 72.2 cm³/mol. The molecule has 1 aromatic rings. The van der Waals surface area contributed by atoms with Crippen molar-refractivity contribution in [3.8, 4) is 0 Å². The number of carbonyl (C=O) groups excluding carboxylic acids is 2. The molecule has 0 bridgehead atoms. The standard InChI is InChI=1S/C13H16N2O7/c1-6(16)10(19)11-13(21,7(2)17)5-9(22-11)15-4-3-8(18)14-12(15)20/h3-4,9-11,19,21H,5H2,1-2H3,(H,14,18,20)/t9-,10?,11-,13-/m1/s1. The quantitative estimate of drug-likeness (QED) is 0.590. The van der Waals surface area contributed by atoms with Gasteiger partial charge in [-0.15, -0.1) is 0 Å². The number of hydrogen-bond donors (Lipinski definition) is 3. The molecule has 2 heterocycles. The van der Waals surface area contributed by atoms with E-state index in [4.69, 9.17) is 4.74 Å². The van der Waals surface area contributed by atoms with Crippen molar-refractivity contribution in [1.29, 1.82) is 0 Å². The van der Waals surface area contributed by atoms with E-state index in [1.54, 1.807) is 0 Å². The molecule has 9 nitrogen and oxygen atoms in total. The Bertz CT molecular complexity index is 722. The summed E-state index contributed by atoms with van der Waals surface area (Å²) in [4.78, 5) is 47.9. The maximum Gasteiger partial charge on any atom is 0.330 e. The van der Waals surface area contributed by atoms with Gasteiger partial charge in [-0.2, -0.15) is 0 Å². The molecule has 120 valence electrons. The number of rotatable bonds is 4. The Morgan fingerprint density at radius 3 is 2.59 bits per heavy atom. The first-order chi connectivity index (χ1) is 10.2. The van der Waals surface area contributed by atoms with Crippen molar-refractivity contribution in [3.05, 3.63) is 33.1 Å². The van der Waals surface area contributed by atoms with Gasteiger partial charge < -0.3 is 14.9 Å². The van der Waals surface area contributed by atoms with Gasteiger partial charge in [-0.25, -0.2) is 4.79 Å². The van der Waals surface area contributed by atoms with E-state index in [0.29, 0.717) is 0 Å². The number of ketones is 2. The summed E-state index contributed by atoms with van der Waals surface area (Å²) in [5.41, 5.74) is -3.51. The van der Waals surface area contributed by atoms with Crippen molar-refractivity contribution in [2.24, 2.45) is 0 Å². The predicted octanol–water partition coefficient (Wildman–Crippen LogP) is -1.91. The molecule has 1 aliphatic rings. The van der Waals surface area contributed by atoms with Crippen LogP contribution in [-0.2, 0) is 14.3 Å². The maximum absolute atomic E-state index is 11.7. The number of nitrogens with zero attached hydrogens (tertiary/aromatic N) is 1. The van der Waals surface area contributed by atoms with Gasteiger partial charge in [0.15, 0.2) is 17.2 Å². The molecule has 0 radical (unpaired) electrons. The summed E-state index contributed by atoms with van der Waals surface area (Å²) >= 11 is 0. The molecule has 0 spiro atoms. The van der Waals surface area contributed by atoms with Crippen LogP contribution in [0.15, 0.2) is 21.9 Å². The lowest BCUT2D eigenvalue weighted by Crippen LogP contribution is -2.52. The van der Waals surface area contributed by atoms with E-state index >= 15 is 0 Å². The fraction of sp³-hybridized carbons (Fsp3) is 0.538. The van der Waals surface area contributed by atoms with Gasteiger partial charge in [-0.05, 0) is 13.8 Å². The van der Waals surface area contributed by atoms with Crippen LogP contribution in [0.25, 0.3) is 0 Å². The number of H-pyrrole nitrogens is 1. The van der Waals surface area contributed by atoms with E-state index in [9.17, 15) is 29.4 Å². The summed E-state index contributed by atoms with van der Waals surface area (Å²) < 4.78 is 6.34. The SMILES string of the molecule is CC(=O)C(O)[C@H]1O[C@@H](n2ccc(=O)[nH]c2=O)C[C@@]1(O)C(C)=O. The fourth-order valence-corrected chi connectivity index (χ4v) is 2.42. The highest BCUT2D eigenvalue weighted by atomic mass is 16.6. The first kappa shape index (κ1) is 16.3. The summed E-state index contributed by atoms with van der Waals surface area (Å²) in [7, 11) is 0. The molecule has 1 aliphatic heterocycles. The third kappa shape index (κ3) is 2.65. The molecule has 1 fully saturated rings. The summed E-state index contributed by atoms with van der Waals surface area (Å²) in [6.45, 7) is 2.19. The zero-order valence-electron chi connectivity index (χ0n) is 12.0. The van der Waals surface area contributed by atoms with Gasteiger partial charge in [-0.3, -0.25) is 23.9 Å². The Kier molecular flexibility index (Phi) is 4.14. The Hall–Kier alpha value is -2.10. The monoisotopic (exact) mass is 312 g/mol. The molecule has 1 aromatic heterocycles. The number of Topliss-reactive ketones (excluding diaryl/α,β-unsaturated/α-hetero) is 2. The normalized spacial score (nSPS) is 29.3. The van der Waals surface area contributed by atoms with Crippen LogP contribution in [0.3, 0.4) is 0 Å². The topological polar surface area (TPSA) is 139 Å². The van der Waals surface area contributed by atoms with Gasteiger partial charge >= 0.3 is 5.69 Å². The molecule has 1 unspecified atom stereocenters. The summed E-state index contributed by atoms with van der Waals surface area (Å²) in [5, 5.41) is 20.3. The molecule has 0 saturated carbocycles. The van der Waals surface area contributed by atoms with Crippen LogP contribution in [-0.4, -0.2) is 49.1 Å². The van der Waals surface area contributed by atoms with Crippen molar-refractivity contribution < 1.29 is 24.5 Å². The molecule has 3 N–H and O–H groups in total. The van der Waals surface area contributed by atoms with Gasteiger partial charge in [0, 0.05) is 18.7 Å². The van der Waals surface area contributed by atoms with Crippen molar-refractivity contribution in [1.82, 2.24) is 9.55 Å². The number of aliphatic hydroxyl groups excluding tert-OH is 1. The largest absolute Gasteiger partial charge is 0.382 e. The Morgan fingerprint density at radius 2 is 2.09 bits per heavy atom. The summed E-state index contributed by atoms with van der Waals surface area (Å²) in [6.07, 6.45) is -3.49. The molecule has 9 heteroatoms. The highest BCUT2D eigenvalue weighted by molar-refractivity contribution is 5.88. The second-order valence-electron chi connectivity index (χ2n) is 5.27. The van der Waals surface area contributed by atoms with Crippen molar-refractivity contribution in [2.75, 3.05) is 0 Å². The molecule has 22 heavy (non-hydrogen) atoms. The lowest BCUT2D eigenvalue weighted by molar-refractivity contribution is -0.158. The van der Waals surface area contributed by atoms with Crippen LogP contribution in [0.2, 0.25) is 0 Å². The van der Waals surface area contributed by atoms with Crippen LogP contribution in [0, 0.1) is 0 Å². The van der Waals surface area contributed by atoms with Crippen LogP contribution in [0.5, 0.6) is 0 Å². The van der Waals surface area contributed by atoms with Gasteiger partial charge in [0.2, 0.25) is 0 Å². The lowest BCUT2D eigenvalue weighted by atomic mass is 9.86. The number of aromatic amines is 1. The molecule has 0 aromatic carbocycles. The minimum atomic E-state index is -2.11. The number of ether oxygens (including phenoxy) is 1. The zero-order valence-corrected chi connectivity index (χ0v) is 12.0. The first-order valence-electron chi connectivity index (χ1n) is 6.55. The number of aliphatic hydroxyl groups is 2. The van der Waals surface area contributed by atoms with Crippen LogP contribution < -0.4 is 11.2 Å². The van der Waals surface area contributed by atoms with Gasteiger partial charge in [0.05, 0.1) is 0 Å². The van der Waals surface area contributed by atoms with Crippen LogP contribution in [0.4, 0.5) is 0 Å². The van der Waals surface area contributed by atoms with E-state index in [0.717, 1.165) is 30.7 Å². The van der Waals surface area contributed by atoms with E-state index in [-0.39, 0.29) is 6.42 Å². The van der Waals surface area contributed by atoms with Crippen molar-refractivity contribution in [3.63, 3.8) is 0 Å². The second kappa shape index (κ2) is 5.59. The molecule has 1 saturated heterocycles. The van der Waals surface area contributed by atoms with Gasteiger partial charge in [0.1, 0.15) is 18.4 Å². The molecule has 4 atom stereocenters. The Balaban J connectivity index is 2.43. The molecular formula is C13H16N2O7. The third-order valence-electron chi connectivity index (χ3n) is 3.73. The van der Waals surface area contributed by atoms with E-state index in [1.165, 1.54) is 0 Å².